The van der Waals surface area contributed by atoms with E-state index in [-0.39, 0.29) is 11.5 Å². The normalized spacial score (nSPS) is 10.3. The smallest absolute Gasteiger partial charge is 0.255 e. The van der Waals surface area contributed by atoms with Gasteiger partial charge in [-0.15, -0.1) is 11.3 Å². The molecule has 0 radical (unpaired) electrons. The lowest BCUT2D eigenvalue weighted by atomic mass is 10.2. The highest BCUT2D eigenvalue weighted by atomic mass is 32.1. The molecular formula is C14H16FN3OS. The van der Waals surface area contributed by atoms with Crippen LogP contribution >= 0.6 is 11.3 Å². The molecule has 0 aliphatic heterocycles. The lowest BCUT2D eigenvalue weighted by Crippen LogP contribution is -2.23. The van der Waals surface area contributed by atoms with Gasteiger partial charge in [0.15, 0.2) is 0 Å². The van der Waals surface area contributed by atoms with E-state index in [2.05, 4.69) is 28.6 Å². The number of nitrogens with one attached hydrogen (secondary N) is 2. The molecule has 0 fully saturated rings. The minimum atomic E-state index is -0.529. The summed E-state index contributed by atoms with van der Waals surface area (Å²) in [5.41, 5.74) is 0.208. The first-order valence-electron chi connectivity index (χ1n) is 6.33. The lowest BCUT2D eigenvalue weighted by Gasteiger charge is -2.08. The minimum Gasteiger partial charge on any atom is -0.372 e. The highest BCUT2D eigenvalue weighted by Crippen LogP contribution is 2.17. The van der Waals surface area contributed by atoms with Gasteiger partial charge < -0.3 is 10.6 Å². The van der Waals surface area contributed by atoms with Gasteiger partial charge in [-0.05, 0) is 24.6 Å². The molecule has 0 saturated carbocycles. The second-order valence-corrected chi connectivity index (χ2v) is 5.46. The molecule has 0 bridgehead atoms. The van der Waals surface area contributed by atoms with Crippen molar-refractivity contribution < 1.29 is 9.18 Å². The van der Waals surface area contributed by atoms with Gasteiger partial charge in [-0.3, -0.25) is 4.79 Å². The molecule has 6 heteroatoms. The van der Waals surface area contributed by atoms with Crippen molar-refractivity contribution in [1.29, 1.82) is 0 Å². The lowest BCUT2D eigenvalue weighted by molar-refractivity contribution is 0.0951. The van der Waals surface area contributed by atoms with Crippen LogP contribution < -0.4 is 10.6 Å². The molecule has 0 saturated heterocycles. The molecule has 2 rings (SSSR count). The van der Waals surface area contributed by atoms with Crippen LogP contribution in [0.1, 0.15) is 27.0 Å². The fraction of sp³-hybridized carbons (Fsp3) is 0.286. The van der Waals surface area contributed by atoms with Gasteiger partial charge in [-0.25, -0.2) is 9.37 Å². The molecule has 0 unspecified atom stereocenters. The molecule has 0 aliphatic carbocycles. The number of pyridine rings is 1. The molecule has 0 aliphatic rings. The quantitative estimate of drug-likeness (QED) is 0.891. The molecule has 1 amide bonds. The zero-order valence-corrected chi connectivity index (χ0v) is 12.2. The number of hydrogen-bond acceptors (Lipinski definition) is 4. The van der Waals surface area contributed by atoms with Gasteiger partial charge in [0.2, 0.25) is 0 Å². The van der Waals surface area contributed by atoms with Crippen molar-refractivity contribution >= 4 is 23.1 Å². The van der Waals surface area contributed by atoms with Crippen LogP contribution in [-0.2, 0) is 13.0 Å². The number of halogens is 1. The van der Waals surface area contributed by atoms with Crippen LogP contribution in [0.2, 0.25) is 0 Å². The second kappa shape index (κ2) is 6.47. The van der Waals surface area contributed by atoms with E-state index in [0.717, 1.165) is 17.5 Å². The number of hydrogen-bond donors (Lipinski definition) is 2. The third kappa shape index (κ3) is 3.33. The number of anilines is 1. The van der Waals surface area contributed by atoms with Gasteiger partial charge >= 0.3 is 0 Å². The number of nitrogens with zero attached hydrogens (tertiary/aromatic N) is 1. The Kier molecular flexibility index (Phi) is 4.68. The maximum absolute atomic E-state index is 13.2. The first kappa shape index (κ1) is 14.5. The van der Waals surface area contributed by atoms with Crippen LogP contribution in [0, 0.1) is 5.82 Å². The van der Waals surface area contributed by atoms with Crippen LogP contribution in [0.3, 0.4) is 0 Å². The highest BCUT2D eigenvalue weighted by molar-refractivity contribution is 7.11. The Morgan fingerprint density at radius 3 is 2.80 bits per heavy atom. The van der Waals surface area contributed by atoms with E-state index in [1.165, 1.54) is 10.9 Å². The number of carbonyl (C=O) groups excluding carboxylic acids is 1. The summed E-state index contributed by atoms with van der Waals surface area (Å²) in [6.07, 6.45) is 2.06. The average molecular weight is 293 g/mol. The van der Waals surface area contributed by atoms with Crippen molar-refractivity contribution in [1.82, 2.24) is 10.3 Å². The van der Waals surface area contributed by atoms with Crippen molar-refractivity contribution in [2.75, 3.05) is 12.4 Å². The molecule has 106 valence electrons. The Balaban J connectivity index is 2.06. The number of aromatic nitrogens is 1. The monoisotopic (exact) mass is 293 g/mol. The largest absolute Gasteiger partial charge is 0.372 e. The summed E-state index contributed by atoms with van der Waals surface area (Å²) in [7, 11) is 1.64. The number of thiophene rings is 1. The number of aryl methyl sites for hydroxylation is 1. The van der Waals surface area contributed by atoms with E-state index in [1.807, 2.05) is 6.07 Å². The van der Waals surface area contributed by atoms with Gasteiger partial charge in [0.1, 0.15) is 11.6 Å². The van der Waals surface area contributed by atoms with E-state index in [0.29, 0.717) is 12.4 Å². The first-order chi connectivity index (χ1) is 9.63. The van der Waals surface area contributed by atoms with Crippen LogP contribution in [0.4, 0.5) is 10.2 Å². The zero-order valence-electron chi connectivity index (χ0n) is 11.4. The van der Waals surface area contributed by atoms with Crippen LogP contribution in [-0.4, -0.2) is 17.9 Å². The Morgan fingerprint density at radius 2 is 2.15 bits per heavy atom. The predicted molar refractivity (Wildman–Crippen MR) is 78.6 cm³/mol. The summed E-state index contributed by atoms with van der Waals surface area (Å²) in [4.78, 5) is 18.3. The van der Waals surface area contributed by atoms with Gasteiger partial charge in [0.05, 0.1) is 18.3 Å². The number of carbonyl (C=O) groups is 1. The van der Waals surface area contributed by atoms with Gasteiger partial charge in [-0.2, -0.15) is 0 Å². The Bertz CT molecular complexity index is 612. The first-order valence-corrected chi connectivity index (χ1v) is 7.14. The van der Waals surface area contributed by atoms with E-state index in [9.17, 15) is 9.18 Å². The van der Waals surface area contributed by atoms with Gasteiger partial charge in [-0.1, -0.05) is 6.92 Å². The third-order valence-corrected chi connectivity index (χ3v) is 4.05. The van der Waals surface area contributed by atoms with Gasteiger partial charge in [0.25, 0.3) is 5.91 Å². The summed E-state index contributed by atoms with van der Waals surface area (Å²) in [6, 6.07) is 5.22. The number of amides is 1. The maximum atomic E-state index is 13.2. The summed E-state index contributed by atoms with van der Waals surface area (Å²) in [5.74, 6) is -0.504. The van der Waals surface area contributed by atoms with Crippen molar-refractivity contribution in [2.24, 2.45) is 0 Å². The molecule has 0 aromatic carbocycles. The predicted octanol–water partition coefficient (Wildman–Crippen LogP) is 2.82. The molecule has 0 atom stereocenters. The van der Waals surface area contributed by atoms with E-state index >= 15 is 0 Å². The van der Waals surface area contributed by atoms with E-state index in [4.69, 9.17) is 0 Å². The Labute approximate surface area is 121 Å². The third-order valence-electron chi connectivity index (χ3n) is 2.82. The molecule has 2 heterocycles. The SMILES string of the molecule is CCc1ccc(CNC(=O)c2cc(F)cnc2NC)s1. The molecule has 2 aromatic heterocycles. The van der Waals surface area contributed by atoms with Crippen molar-refractivity contribution in [3.05, 3.63) is 45.5 Å². The fourth-order valence-corrected chi connectivity index (χ4v) is 2.68. The van der Waals surface area contributed by atoms with E-state index in [1.54, 1.807) is 18.4 Å². The second-order valence-electron chi connectivity index (χ2n) is 4.20. The summed E-state index contributed by atoms with van der Waals surface area (Å²) in [5, 5.41) is 5.56. The van der Waals surface area contributed by atoms with Crippen molar-refractivity contribution in [2.45, 2.75) is 19.9 Å². The minimum absolute atomic E-state index is 0.208. The molecule has 2 N–H and O–H groups in total. The fourth-order valence-electron chi connectivity index (χ4n) is 1.78. The van der Waals surface area contributed by atoms with Crippen LogP contribution in [0.25, 0.3) is 0 Å². The average Bonchev–Trinajstić information content (AvgIpc) is 2.92. The molecule has 0 spiro atoms. The molecule has 2 aromatic rings. The zero-order chi connectivity index (χ0) is 14.5. The molecule has 20 heavy (non-hydrogen) atoms. The standard InChI is InChI=1S/C14H16FN3OS/c1-3-10-4-5-11(20-10)8-18-14(19)12-6-9(15)7-17-13(12)16-2/h4-7H,3,8H2,1-2H3,(H,16,17)(H,18,19). The Morgan fingerprint density at radius 1 is 1.40 bits per heavy atom. The van der Waals surface area contributed by atoms with Crippen molar-refractivity contribution in [3.8, 4) is 0 Å². The topological polar surface area (TPSA) is 54.0 Å². The highest BCUT2D eigenvalue weighted by Gasteiger charge is 2.13. The summed E-state index contributed by atoms with van der Waals surface area (Å²) >= 11 is 1.66. The molecule has 4 nitrogen and oxygen atoms in total. The number of rotatable bonds is 5. The van der Waals surface area contributed by atoms with E-state index < -0.39 is 5.82 Å². The Hall–Kier alpha value is -1.95. The van der Waals surface area contributed by atoms with Crippen molar-refractivity contribution in [3.63, 3.8) is 0 Å². The van der Waals surface area contributed by atoms with Crippen LogP contribution in [0.15, 0.2) is 24.4 Å². The summed E-state index contributed by atoms with van der Waals surface area (Å²) in [6.45, 7) is 2.52. The molecular weight excluding hydrogens is 277 g/mol. The van der Waals surface area contributed by atoms with Crippen LogP contribution in [0.5, 0.6) is 0 Å². The maximum Gasteiger partial charge on any atom is 0.255 e. The summed E-state index contributed by atoms with van der Waals surface area (Å²) < 4.78 is 13.2. The van der Waals surface area contributed by atoms with Gasteiger partial charge in [0, 0.05) is 16.8 Å².